The Morgan fingerprint density at radius 1 is 1.22 bits per heavy atom. The van der Waals surface area contributed by atoms with Crippen LogP contribution in [-0.4, -0.2) is 43.9 Å². The van der Waals surface area contributed by atoms with E-state index >= 15 is 0 Å². The van der Waals surface area contributed by atoms with Crippen molar-refractivity contribution in [1.82, 2.24) is 10.2 Å². The average molecular weight is 340 g/mol. The normalized spacial score (nSPS) is 11.4. The standard InChI is InChI=1S/C17H26ClN3O2/c1-12-7-8-13(11-14(12)18)20-16(23)17(2,3)15(22)19-9-6-10-21(4)5/h7-8,11H,6,9-10H2,1-5H3,(H,19,22)(H,20,23). The predicted molar refractivity (Wildman–Crippen MR) is 94.8 cm³/mol. The Kier molecular flexibility index (Phi) is 7.03. The SMILES string of the molecule is Cc1ccc(NC(=O)C(C)(C)C(=O)NCCCN(C)C)cc1Cl. The van der Waals surface area contributed by atoms with Gasteiger partial charge in [-0.2, -0.15) is 0 Å². The summed E-state index contributed by atoms with van der Waals surface area (Å²) < 4.78 is 0. The van der Waals surface area contributed by atoms with Gasteiger partial charge in [-0.15, -0.1) is 0 Å². The van der Waals surface area contributed by atoms with Crippen molar-refractivity contribution in [3.8, 4) is 0 Å². The van der Waals surface area contributed by atoms with Crippen molar-refractivity contribution in [3.05, 3.63) is 28.8 Å². The fourth-order valence-corrected chi connectivity index (χ4v) is 2.06. The molecule has 0 aliphatic rings. The Hall–Kier alpha value is -1.59. The zero-order valence-electron chi connectivity index (χ0n) is 14.5. The number of hydrogen-bond donors (Lipinski definition) is 2. The van der Waals surface area contributed by atoms with E-state index in [-0.39, 0.29) is 11.8 Å². The maximum atomic E-state index is 12.4. The molecule has 0 unspecified atom stereocenters. The molecule has 6 heteroatoms. The van der Waals surface area contributed by atoms with E-state index in [9.17, 15) is 9.59 Å². The summed E-state index contributed by atoms with van der Waals surface area (Å²) in [6.07, 6.45) is 0.837. The molecule has 1 rings (SSSR count). The van der Waals surface area contributed by atoms with Crippen LogP contribution in [0.2, 0.25) is 5.02 Å². The van der Waals surface area contributed by atoms with Crippen molar-refractivity contribution in [2.24, 2.45) is 5.41 Å². The first kappa shape index (κ1) is 19.5. The van der Waals surface area contributed by atoms with E-state index in [1.54, 1.807) is 26.0 Å². The zero-order chi connectivity index (χ0) is 17.6. The van der Waals surface area contributed by atoms with E-state index < -0.39 is 5.41 Å². The van der Waals surface area contributed by atoms with Gasteiger partial charge < -0.3 is 15.5 Å². The molecule has 0 spiro atoms. The summed E-state index contributed by atoms with van der Waals surface area (Å²) in [5, 5.41) is 6.14. The molecule has 1 aromatic carbocycles. The molecular weight excluding hydrogens is 314 g/mol. The first-order valence-electron chi connectivity index (χ1n) is 7.65. The van der Waals surface area contributed by atoms with Crippen molar-refractivity contribution in [3.63, 3.8) is 0 Å². The molecule has 2 amide bonds. The molecule has 0 aromatic heterocycles. The first-order chi connectivity index (χ1) is 10.6. The number of aryl methyl sites for hydroxylation is 1. The molecule has 1 aromatic rings. The number of amides is 2. The van der Waals surface area contributed by atoms with Crippen molar-refractivity contribution < 1.29 is 9.59 Å². The highest BCUT2D eigenvalue weighted by atomic mass is 35.5. The van der Waals surface area contributed by atoms with Crippen LogP contribution in [0.1, 0.15) is 25.8 Å². The Morgan fingerprint density at radius 2 is 1.87 bits per heavy atom. The molecule has 0 atom stereocenters. The summed E-state index contributed by atoms with van der Waals surface area (Å²) in [6.45, 7) is 6.54. The Morgan fingerprint density at radius 3 is 2.43 bits per heavy atom. The van der Waals surface area contributed by atoms with Crippen molar-refractivity contribution in [2.45, 2.75) is 27.2 Å². The van der Waals surface area contributed by atoms with E-state index in [2.05, 4.69) is 10.6 Å². The van der Waals surface area contributed by atoms with Gasteiger partial charge in [0.05, 0.1) is 0 Å². The van der Waals surface area contributed by atoms with Crippen LogP contribution in [0.15, 0.2) is 18.2 Å². The third-order valence-corrected chi connectivity index (χ3v) is 4.04. The van der Waals surface area contributed by atoms with Gasteiger partial charge in [0.2, 0.25) is 11.8 Å². The Labute approximate surface area is 143 Å². The third kappa shape index (κ3) is 5.84. The first-order valence-corrected chi connectivity index (χ1v) is 8.03. The molecule has 0 saturated carbocycles. The number of nitrogens with zero attached hydrogens (tertiary/aromatic N) is 1. The van der Waals surface area contributed by atoms with Crippen LogP contribution in [0, 0.1) is 12.3 Å². The van der Waals surface area contributed by atoms with Crippen LogP contribution >= 0.6 is 11.6 Å². The quantitative estimate of drug-likeness (QED) is 0.593. The maximum absolute atomic E-state index is 12.4. The van der Waals surface area contributed by atoms with Crippen LogP contribution in [0.5, 0.6) is 0 Å². The molecule has 23 heavy (non-hydrogen) atoms. The summed E-state index contributed by atoms with van der Waals surface area (Å²) >= 11 is 6.05. The van der Waals surface area contributed by atoms with Crippen LogP contribution in [0.3, 0.4) is 0 Å². The number of anilines is 1. The maximum Gasteiger partial charge on any atom is 0.239 e. The van der Waals surface area contributed by atoms with Crippen molar-refractivity contribution in [1.29, 1.82) is 0 Å². The number of nitrogens with one attached hydrogen (secondary N) is 2. The molecule has 2 N–H and O–H groups in total. The highest BCUT2D eigenvalue weighted by Crippen LogP contribution is 2.23. The molecule has 128 valence electrons. The molecule has 0 radical (unpaired) electrons. The van der Waals surface area contributed by atoms with E-state index in [0.717, 1.165) is 18.5 Å². The summed E-state index contributed by atoms with van der Waals surface area (Å²) in [7, 11) is 3.96. The zero-order valence-corrected chi connectivity index (χ0v) is 15.3. The lowest BCUT2D eigenvalue weighted by atomic mass is 9.91. The van der Waals surface area contributed by atoms with Gasteiger partial charge in [-0.3, -0.25) is 9.59 Å². The lowest BCUT2D eigenvalue weighted by molar-refractivity contribution is -0.138. The summed E-state index contributed by atoms with van der Waals surface area (Å²) in [5.41, 5.74) is 0.358. The van der Waals surface area contributed by atoms with Crippen molar-refractivity contribution in [2.75, 3.05) is 32.5 Å². The summed E-state index contributed by atoms with van der Waals surface area (Å²) in [6, 6.07) is 5.27. The number of benzene rings is 1. The molecule has 0 heterocycles. The second-order valence-electron chi connectivity index (χ2n) is 6.46. The summed E-state index contributed by atoms with van der Waals surface area (Å²) in [4.78, 5) is 26.7. The minimum Gasteiger partial charge on any atom is -0.355 e. The molecule has 0 aliphatic carbocycles. The van der Waals surface area contributed by atoms with Crippen LogP contribution in [0.25, 0.3) is 0 Å². The predicted octanol–water partition coefficient (Wildman–Crippen LogP) is 2.68. The number of hydrogen-bond acceptors (Lipinski definition) is 3. The monoisotopic (exact) mass is 339 g/mol. The van der Waals surface area contributed by atoms with Gasteiger partial charge in [-0.05, 0) is 65.5 Å². The lowest BCUT2D eigenvalue weighted by Gasteiger charge is -2.23. The van der Waals surface area contributed by atoms with Gasteiger partial charge in [0.1, 0.15) is 5.41 Å². The van der Waals surface area contributed by atoms with Gasteiger partial charge in [0.25, 0.3) is 0 Å². The fraction of sp³-hybridized carbons (Fsp3) is 0.529. The highest BCUT2D eigenvalue weighted by Gasteiger charge is 2.35. The summed E-state index contributed by atoms with van der Waals surface area (Å²) in [5.74, 6) is -0.644. The van der Waals surface area contributed by atoms with Crippen LogP contribution in [-0.2, 0) is 9.59 Å². The van der Waals surface area contributed by atoms with E-state index in [1.807, 2.05) is 32.0 Å². The Bertz CT molecular complexity index is 571. The van der Waals surface area contributed by atoms with Gasteiger partial charge in [-0.1, -0.05) is 17.7 Å². The fourth-order valence-electron chi connectivity index (χ4n) is 1.88. The minimum absolute atomic E-state index is 0.285. The second kappa shape index (κ2) is 8.31. The number of rotatable bonds is 7. The van der Waals surface area contributed by atoms with Crippen LogP contribution in [0.4, 0.5) is 5.69 Å². The molecule has 5 nitrogen and oxygen atoms in total. The molecule has 0 saturated heterocycles. The number of halogens is 1. The van der Waals surface area contributed by atoms with Crippen LogP contribution < -0.4 is 10.6 Å². The number of carbonyl (C=O) groups is 2. The average Bonchev–Trinajstić information content (AvgIpc) is 2.46. The smallest absolute Gasteiger partial charge is 0.239 e. The topological polar surface area (TPSA) is 61.4 Å². The van der Waals surface area contributed by atoms with Gasteiger partial charge in [0.15, 0.2) is 0 Å². The van der Waals surface area contributed by atoms with E-state index in [4.69, 9.17) is 11.6 Å². The van der Waals surface area contributed by atoms with Gasteiger partial charge >= 0.3 is 0 Å². The number of carbonyl (C=O) groups excluding carboxylic acids is 2. The Balaban J connectivity index is 2.61. The van der Waals surface area contributed by atoms with E-state index in [1.165, 1.54) is 0 Å². The molecular formula is C17H26ClN3O2. The second-order valence-corrected chi connectivity index (χ2v) is 6.86. The van der Waals surface area contributed by atoms with Gasteiger partial charge in [0, 0.05) is 17.3 Å². The minimum atomic E-state index is -1.16. The highest BCUT2D eigenvalue weighted by molar-refractivity contribution is 6.31. The largest absolute Gasteiger partial charge is 0.355 e. The third-order valence-electron chi connectivity index (χ3n) is 3.63. The molecule has 0 bridgehead atoms. The van der Waals surface area contributed by atoms with Gasteiger partial charge in [-0.25, -0.2) is 0 Å². The molecule has 0 aliphatic heterocycles. The van der Waals surface area contributed by atoms with Crippen molar-refractivity contribution >= 4 is 29.1 Å². The van der Waals surface area contributed by atoms with E-state index in [0.29, 0.717) is 17.3 Å². The molecule has 0 fully saturated rings. The lowest BCUT2D eigenvalue weighted by Crippen LogP contribution is -2.45.